The SMILES string of the molecule is CCNc1nc(Nc2cc(F)ccc2Cl)nc(N(C)C)n1. The van der Waals surface area contributed by atoms with Gasteiger partial charge in [0.1, 0.15) is 5.82 Å². The topological polar surface area (TPSA) is 66.0 Å². The lowest BCUT2D eigenvalue weighted by atomic mass is 10.3. The Kier molecular flexibility index (Phi) is 4.74. The monoisotopic (exact) mass is 310 g/mol. The summed E-state index contributed by atoms with van der Waals surface area (Å²) in [5, 5.41) is 6.31. The highest BCUT2D eigenvalue weighted by molar-refractivity contribution is 6.33. The van der Waals surface area contributed by atoms with E-state index >= 15 is 0 Å². The molecule has 0 spiro atoms. The van der Waals surface area contributed by atoms with Crippen molar-refractivity contribution in [2.75, 3.05) is 36.2 Å². The highest BCUT2D eigenvalue weighted by Crippen LogP contribution is 2.25. The molecule has 0 unspecified atom stereocenters. The van der Waals surface area contributed by atoms with Gasteiger partial charge in [-0.15, -0.1) is 0 Å². The minimum Gasteiger partial charge on any atom is -0.354 e. The summed E-state index contributed by atoms with van der Waals surface area (Å²) in [5.41, 5.74) is 0.398. The number of halogens is 2. The van der Waals surface area contributed by atoms with E-state index < -0.39 is 5.82 Å². The van der Waals surface area contributed by atoms with Crippen LogP contribution in [-0.4, -0.2) is 35.6 Å². The van der Waals surface area contributed by atoms with Gasteiger partial charge in [-0.25, -0.2) is 4.39 Å². The van der Waals surface area contributed by atoms with Crippen molar-refractivity contribution in [3.63, 3.8) is 0 Å². The Balaban J connectivity index is 2.36. The van der Waals surface area contributed by atoms with Gasteiger partial charge in [0, 0.05) is 20.6 Å². The van der Waals surface area contributed by atoms with E-state index in [1.165, 1.54) is 18.2 Å². The first kappa shape index (κ1) is 15.2. The molecular formula is C13H16ClFN6. The van der Waals surface area contributed by atoms with Gasteiger partial charge < -0.3 is 15.5 Å². The number of hydrogen-bond donors (Lipinski definition) is 2. The highest BCUT2D eigenvalue weighted by Gasteiger charge is 2.10. The molecule has 2 aromatic rings. The van der Waals surface area contributed by atoms with Crippen molar-refractivity contribution in [1.82, 2.24) is 15.0 Å². The van der Waals surface area contributed by atoms with Gasteiger partial charge >= 0.3 is 0 Å². The number of nitrogens with zero attached hydrogens (tertiary/aromatic N) is 4. The second-order valence-corrected chi connectivity index (χ2v) is 4.86. The zero-order valence-electron chi connectivity index (χ0n) is 12.0. The van der Waals surface area contributed by atoms with Crippen molar-refractivity contribution < 1.29 is 4.39 Å². The predicted octanol–water partition coefficient (Wildman–Crippen LogP) is 2.91. The number of rotatable bonds is 5. The average Bonchev–Trinajstić information content (AvgIpc) is 2.43. The Morgan fingerprint density at radius 1 is 1.19 bits per heavy atom. The number of hydrogen-bond acceptors (Lipinski definition) is 6. The molecular weight excluding hydrogens is 295 g/mol. The molecule has 6 nitrogen and oxygen atoms in total. The third-order valence-electron chi connectivity index (χ3n) is 2.53. The summed E-state index contributed by atoms with van der Waals surface area (Å²) in [4.78, 5) is 14.5. The van der Waals surface area contributed by atoms with Crippen molar-refractivity contribution in [3.8, 4) is 0 Å². The Bertz CT molecular complexity index is 634. The fourth-order valence-corrected chi connectivity index (χ4v) is 1.74. The Morgan fingerprint density at radius 3 is 2.57 bits per heavy atom. The number of aromatic nitrogens is 3. The van der Waals surface area contributed by atoms with Gasteiger partial charge in [0.25, 0.3) is 0 Å². The quantitative estimate of drug-likeness (QED) is 0.885. The Morgan fingerprint density at radius 2 is 1.90 bits per heavy atom. The molecule has 112 valence electrons. The molecule has 2 rings (SSSR count). The molecule has 1 aromatic carbocycles. The average molecular weight is 311 g/mol. The minimum absolute atomic E-state index is 0.289. The van der Waals surface area contributed by atoms with Crippen LogP contribution in [0.5, 0.6) is 0 Å². The summed E-state index contributed by atoms with van der Waals surface area (Å²) >= 11 is 6.02. The van der Waals surface area contributed by atoms with Gasteiger partial charge in [-0.2, -0.15) is 15.0 Å². The first-order chi connectivity index (χ1) is 9.99. The maximum Gasteiger partial charge on any atom is 0.233 e. The molecule has 0 aliphatic rings. The van der Waals surface area contributed by atoms with E-state index in [-0.39, 0.29) is 5.95 Å². The van der Waals surface area contributed by atoms with Crippen LogP contribution >= 0.6 is 11.6 Å². The van der Waals surface area contributed by atoms with Crippen molar-refractivity contribution in [3.05, 3.63) is 29.0 Å². The van der Waals surface area contributed by atoms with E-state index in [2.05, 4.69) is 25.6 Å². The molecule has 1 aromatic heterocycles. The Labute approximate surface area is 127 Å². The zero-order chi connectivity index (χ0) is 15.4. The van der Waals surface area contributed by atoms with Gasteiger partial charge in [0.15, 0.2) is 0 Å². The normalized spacial score (nSPS) is 10.3. The molecule has 8 heteroatoms. The lowest BCUT2D eigenvalue weighted by Crippen LogP contribution is -2.16. The predicted molar refractivity (Wildman–Crippen MR) is 83.0 cm³/mol. The van der Waals surface area contributed by atoms with Crippen LogP contribution in [-0.2, 0) is 0 Å². The van der Waals surface area contributed by atoms with Crippen LogP contribution in [0.1, 0.15) is 6.92 Å². The van der Waals surface area contributed by atoms with E-state index in [0.29, 0.717) is 29.2 Å². The van der Waals surface area contributed by atoms with Crippen molar-refractivity contribution >= 4 is 35.1 Å². The van der Waals surface area contributed by atoms with Gasteiger partial charge in [-0.05, 0) is 25.1 Å². The minimum atomic E-state index is -0.393. The molecule has 0 atom stereocenters. The Hall–Kier alpha value is -2.15. The largest absolute Gasteiger partial charge is 0.354 e. The van der Waals surface area contributed by atoms with Crippen LogP contribution in [0.2, 0.25) is 5.02 Å². The van der Waals surface area contributed by atoms with Gasteiger partial charge in [0.2, 0.25) is 17.8 Å². The third kappa shape index (κ3) is 3.91. The lowest BCUT2D eigenvalue weighted by molar-refractivity contribution is 0.628. The standard InChI is InChI=1S/C13H16ClFN6/c1-4-16-11-18-12(20-13(19-11)21(2)3)17-10-7-8(15)5-6-9(10)14/h5-7H,4H2,1-3H3,(H2,16,17,18,19,20). The molecule has 0 amide bonds. The van der Waals surface area contributed by atoms with Crippen LogP contribution in [0.25, 0.3) is 0 Å². The first-order valence-electron chi connectivity index (χ1n) is 6.39. The molecule has 2 N–H and O–H groups in total. The van der Waals surface area contributed by atoms with Gasteiger partial charge in [-0.1, -0.05) is 11.6 Å². The molecule has 0 aliphatic heterocycles. The maximum atomic E-state index is 13.3. The molecule has 0 aliphatic carbocycles. The fourth-order valence-electron chi connectivity index (χ4n) is 1.57. The first-order valence-corrected chi connectivity index (χ1v) is 6.76. The van der Waals surface area contributed by atoms with Crippen LogP contribution in [0.15, 0.2) is 18.2 Å². The van der Waals surface area contributed by atoms with Crippen LogP contribution in [0, 0.1) is 5.82 Å². The molecule has 0 saturated carbocycles. The van der Waals surface area contributed by atoms with Gasteiger partial charge in [-0.3, -0.25) is 0 Å². The van der Waals surface area contributed by atoms with Crippen molar-refractivity contribution in [1.29, 1.82) is 0 Å². The molecule has 1 heterocycles. The summed E-state index contributed by atoms with van der Waals surface area (Å²) in [6.07, 6.45) is 0. The number of nitrogens with one attached hydrogen (secondary N) is 2. The molecule has 21 heavy (non-hydrogen) atoms. The third-order valence-corrected chi connectivity index (χ3v) is 2.86. The van der Waals surface area contributed by atoms with Gasteiger partial charge in [0.05, 0.1) is 10.7 Å². The fraction of sp³-hybridized carbons (Fsp3) is 0.308. The van der Waals surface area contributed by atoms with E-state index in [9.17, 15) is 4.39 Å². The summed E-state index contributed by atoms with van der Waals surface area (Å²) in [6.45, 7) is 2.62. The lowest BCUT2D eigenvalue weighted by Gasteiger charge is -2.14. The summed E-state index contributed by atoms with van der Waals surface area (Å²) in [6, 6.07) is 4.04. The molecule has 0 fully saturated rings. The zero-order valence-corrected chi connectivity index (χ0v) is 12.7. The highest BCUT2D eigenvalue weighted by atomic mass is 35.5. The second-order valence-electron chi connectivity index (χ2n) is 4.46. The van der Waals surface area contributed by atoms with E-state index in [1.807, 2.05) is 21.0 Å². The maximum absolute atomic E-state index is 13.3. The van der Waals surface area contributed by atoms with E-state index in [0.717, 1.165) is 0 Å². The summed E-state index contributed by atoms with van der Waals surface area (Å²) in [5.74, 6) is 0.815. The van der Waals surface area contributed by atoms with E-state index in [1.54, 1.807) is 4.90 Å². The summed E-state index contributed by atoms with van der Waals surface area (Å²) < 4.78 is 13.3. The number of anilines is 4. The van der Waals surface area contributed by atoms with Crippen LogP contribution in [0.4, 0.5) is 27.9 Å². The van der Waals surface area contributed by atoms with E-state index in [4.69, 9.17) is 11.6 Å². The summed E-state index contributed by atoms with van der Waals surface area (Å²) in [7, 11) is 3.65. The number of benzene rings is 1. The second kappa shape index (κ2) is 6.53. The van der Waals surface area contributed by atoms with Crippen LogP contribution < -0.4 is 15.5 Å². The van der Waals surface area contributed by atoms with Crippen molar-refractivity contribution in [2.45, 2.75) is 6.92 Å². The van der Waals surface area contributed by atoms with Crippen LogP contribution in [0.3, 0.4) is 0 Å². The molecule has 0 saturated heterocycles. The molecule has 0 radical (unpaired) electrons. The molecule has 0 bridgehead atoms. The van der Waals surface area contributed by atoms with Crippen molar-refractivity contribution in [2.24, 2.45) is 0 Å². The smallest absolute Gasteiger partial charge is 0.233 e.